The Labute approximate surface area is 99.5 Å². The van der Waals surface area contributed by atoms with Crippen molar-refractivity contribution in [3.05, 3.63) is 35.9 Å². The molecule has 16 heavy (non-hydrogen) atoms. The van der Waals surface area contributed by atoms with Gasteiger partial charge in [-0.2, -0.15) is 0 Å². The van der Waals surface area contributed by atoms with E-state index >= 15 is 0 Å². The maximum atomic E-state index is 3.44. The first kappa shape index (κ1) is 13.2. The minimum absolute atomic E-state index is 0.970. The van der Waals surface area contributed by atoms with Gasteiger partial charge in [0.25, 0.3) is 0 Å². The van der Waals surface area contributed by atoms with E-state index in [1.807, 2.05) is 0 Å². The van der Waals surface area contributed by atoms with Crippen molar-refractivity contribution in [2.45, 2.75) is 32.7 Å². The Hall–Kier alpha value is -0.860. The quantitative estimate of drug-likeness (QED) is 0.625. The van der Waals surface area contributed by atoms with Crippen molar-refractivity contribution in [2.24, 2.45) is 0 Å². The molecule has 2 N–H and O–H groups in total. The summed E-state index contributed by atoms with van der Waals surface area (Å²) in [5.74, 6) is 0. The van der Waals surface area contributed by atoms with Crippen LogP contribution in [-0.2, 0) is 6.54 Å². The summed E-state index contributed by atoms with van der Waals surface area (Å²) >= 11 is 0. The molecule has 2 heteroatoms. The fraction of sp³-hybridized carbons (Fsp3) is 0.571. The third-order valence-electron chi connectivity index (χ3n) is 2.61. The molecular weight excluding hydrogens is 196 g/mol. The molecule has 1 rings (SSSR count). The maximum absolute atomic E-state index is 3.44. The van der Waals surface area contributed by atoms with Crippen molar-refractivity contribution >= 4 is 0 Å². The summed E-state index contributed by atoms with van der Waals surface area (Å²) in [6.07, 6.45) is 3.94. The predicted molar refractivity (Wildman–Crippen MR) is 70.5 cm³/mol. The average molecular weight is 220 g/mol. The zero-order valence-corrected chi connectivity index (χ0v) is 10.3. The molecule has 90 valence electrons. The van der Waals surface area contributed by atoms with Crippen LogP contribution in [0.3, 0.4) is 0 Å². The minimum Gasteiger partial charge on any atom is -0.315 e. The molecule has 0 saturated heterocycles. The van der Waals surface area contributed by atoms with E-state index in [4.69, 9.17) is 0 Å². The van der Waals surface area contributed by atoms with Crippen LogP contribution < -0.4 is 10.6 Å². The fourth-order valence-electron chi connectivity index (χ4n) is 1.63. The molecule has 0 spiro atoms. The molecule has 0 unspecified atom stereocenters. The summed E-state index contributed by atoms with van der Waals surface area (Å²) in [6.45, 7) is 6.47. The van der Waals surface area contributed by atoms with Crippen LogP contribution in [0.15, 0.2) is 30.3 Å². The molecule has 0 aromatic heterocycles. The van der Waals surface area contributed by atoms with Gasteiger partial charge in [-0.05, 0) is 18.5 Å². The van der Waals surface area contributed by atoms with Gasteiger partial charge in [0, 0.05) is 19.6 Å². The standard InChI is InChI=1S/C14H24N2/c1-2-3-7-10-15-11-12-16-13-14-8-5-4-6-9-14/h4-6,8-9,15-16H,2-3,7,10-13H2,1H3. The van der Waals surface area contributed by atoms with Gasteiger partial charge in [0.1, 0.15) is 0 Å². The molecule has 0 bridgehead atoms. The second kappa shape index (κ2) is 9.37. The van der Waals surface area contributed by atoms with Gasteiger partial charge < -0.3 is 10.6 Å². The van der Waals surface area contributed by atoms with E-state index in [2.05, 4.69) is 47.9 Å². The lowest BCUT2D eigenvalue weighted by atomic mass is 10.2. The highest BCUT2D eigenvalue weighted by Gasteiger charge is 1.90. The van der Waals surface area contributed by atoms with Gasteiger partial charge >= 0.3 is 0 Å². The summed E-state index contributed by atoms with van der Waals surface area (Å²) in [6, 6.07) is 10.5. The second-order valence-electron chi connectivity index (χ2n) is 4.12. The molecule has 0 fully saturated rings. The van der Waals surface area contributed by atoms with Gasteiger partial charge in [-0.15, -0.1) is 0 Å². The van der Waals surface area contributed by atoms with Crippen molar-refractivity contribution in [1.82, 2.24) is 10.6 Å². The maximum Gasteiger partial charge on any atom is 0.0206 e. The zero-order valence-electron chi connectivity index (χ0n) is 10.3. The molecule has 0 aliphatic rings. The normalized spacial score (nSPS) is 10.6. The number of hydrogen-bond donors (Lipinski definition) is 2. The number of nitrogens with one attached hydrogen (secondary N) is 2. The Bertz CT molecular complexity index is 246. The van der Waals surface area contributed by atoms with Crippen LogP contribution >= 0.6 is 0 Å². The number of rotatable bonds is 9. The van der Waals surface area contributed by atoms with Crippen LogP contribution in [0.1, 0.15) is 31.7 Å². The van der Waals surface area contributed by atoms with Crippen LogP contribution in [0.2, 0.25) is 0 Å². The van der Waals surface area contributed by atoms with E-state index in [9.17, 15) is 0 Å². The molecule has 2 nitrogen and oxygen atoms in total. The Morgan fingerprint density at radius 2 is 1.62 bits per heavy atom. The van der Waals surface area contributed by atoms with Gasteiger partial charge in [-0.1, -0.05) is 50.1 Å². The van der Waals surface area contributed by atoms with Gasteiger partial charge in [0.05, 0.1) is 0 Å². The topological polar surface area (TPSA) is 24.1 Å². The van der Waals surface area contributed by atoms with Crippen LogP contribution in [0.25, 0.3) is 0 Å². The van der Waals surface area contributed by atoms with E-state index in [0.717, 1.165) is 26.2 Å². The predicted octanol–water partition coefficient (Wildman–Crippen LogP) is 2.56. The molecule has 1 aromatic carbocycles. The molecule has 1 aromatic rings. The molecule has 0 aliphatic carbocycles. The highest BCUT2D eigenvalue weighted by atomic mass is 14.9. The molecule has 0 saturated carbocycles. The first-order chi connectivity index (χ1) is 7.93. The summed E-state index contributed by atoms with van der Waals surface area (Å²) < 4.78 is 0. The number of hydrogen-bond acceptors (Lipinski definition) is 2. The number of unbranched alkanes of at least 4 members (excludes halogenated alkanes) is 2. The average Bonchev–Trinajstić information content (AvgIpc) is 2.34. The Morgan fingerprint density at radius 3 is 2.38 bits per heavy atom. The lowest BCUT2D eigenvalue weighted by Gasteiger charge is -2.06. The van der Waals surface area contributed by atoms with Gasteiger partial charge in [0.15, 0.2) is 0 Å². The highest BCUT2D eigenvalue weighted by molar-refractivity contribution is 5.14. The van der Waals surface area contributed by atoms with Gasteiger partial charge in [-0.25, -0.2) is 0 Å². The summed E-state index contributed by atoms with van der Waals surface area (Å²) in [7, 11) is 0. The summed E-state index contributed by atoms with van der Waals surface area (Å²) in [4.78, 5) is 0. The van der Waals surface area contributed by atoms with Crippen molar-refractivity contribution < 1.29 is 0 Å². The van der Waals surface area contributed by atoms with Crippen LogP contribution in [0.4, 0.5) is 0 Å². The Kier molecular flexibility index (Phi) is 7.74. The van der Waals surface area contributed by atoms with Crippen LogP contribution in [0.5, 0.6) is 0 Å². The van der Waals surface area contributed by atoms with E-state index in [-0.39, 0.29) is 0 Å². The van der Waals surface area contributed by atoms with Crippen molar-refractivity contribution in [1.29, 1.82) is 0 Å². The first-order valence-electron chi connectivity index (χ1n) is 6.39. The smallest absolute Gasteiger partial charge is 0.0206 e. The Morgan fingerprint density at radius 1 is 0.875 bits per heavy atom. The minimum atomic E-state index is 0.970. The lowest BCUT2D eigenvalue weighted by molar-refractivity contribution is 0.581. The Balaban J connectivity index is 1.89. The highest BCUT2D eigenvalue weighted by Crippen LogP contribution is 1.96. The summed E-state index contributed by atoms with van der Waals surface area (Å²) in [5, 5.41) is 6.87. The van der Waals surface area contributed by atoms with Crippen LogP contribution in [0, 0.1) is 0 Å². The van der Waals surface area contributed by atoms with Gasteiger partial charge in [0.2, 0.25) is 0 Å². The third kappa shape index (κ3) is 6.59. The van der Waals surface area contributed by atoms with E-state index in [1.54, 1.807) is 0 Å². The fourth-order valence-corrected chi connectivity index (χ4v) is 1.63. The molecule has 0 heterocycles. The molecule has 0 atom stereocenters. The van der Waals surface area contributed by atoms with Crippen molar-refractivity contribution in [3.8, 4) is 0 Å². The van der Waals surface area contributed by atoms with Crippen molar-refractivity contribution in [3.63, 3.8) is 0 Å². The molecule has 0 aliphatic heterocycles. The SMILES string of the molecule is CCCCCNCCNCc1ccccc1. The van der Waals surface area contributed by atoms with E-state index in [0.29, 0.717) is 0 Å². The van der Waals surface area contributed by atoms with E-state index in [1.165, 1.54) is 24.8 Å². The molecular formula is C14H24N2. The van der Waals surface area contributed by atoms with Gasteiger partial charge in [-0.3, -0.25) is 0 Å². The zero-order chi connectivity index (χ0) is 11.5. The van der Waals surface area contributed by atoms with Crippen LogP contribution in [-0.4, -0.2) is 19.6 Å². The second-order valence-corrected chi connectivity index (χ2v) is 4.12. The monoisotopic (exact) mass is 220 g/mol. The number of benzene rings is 1. The van der Waals surface area contributed by atoms with E-state index < -0.39 is 0 Å². The first-order valence-corrected chi connectivity index (χ1v) is 6.39. The third-order valence-corrected chi connectivity index (χ3v) is 2.61. The summed E-state index contributed by atoms with van der Waals surface area (Å²) in [5.41, 5.74) is 1.36. The lowest BCUT2D eigenvalue weighted by Crippen LogP contribution is -2.27. The van der Waals surface area contributed by atoms with Crippen molar-refractivity contribution in [2.75, 3.05) is 19.6 Å². The molecule has 0 amide bonds. The largest absolute Gasteiger partial charge is 0.315 e. The molecule has 0 radical (unpaired) electrons.